The van der Waals surface area contributed by atoms with E-state index in [1.165, 1.54) is 11.1 Å². The van der Waals surface area contributed by atoms with Crippen molar-refractivity contribution in [3.63, 3.8) is 0 Å². The van der Waals surface area contributed by atoms with Crippen LogP contribution < -0.4 is 14.4 Å². The highest BCUT2D eigenvalue weighted by molar-refractivity contribution is 6.29. The van der Waals surface area contributed by atoms with Gasteiger partial charge in [0.15, 0.2) is 0 Å². The quantitative estimate of drug-likeness (QED) is 0.603. The normalized spacial score (nSPS) is 16.0. The van der Waals surface area contributed by atoms with Gasteiger partial charge in [-0.05, 0) is 65.6 Å². The summed E-state index contributed by atoms with van der Waals surface area (Å²) in [6, 6.07) is 18.5. The number of methoxy groups -OCH3 is 2. The summed E-state index contributed by atoms with van der Waals surface area (Å²) < 4.78 is 10.7. The number of nitrogens with zero attached hydrogens (tertiary/aromatic N) is 2. The molecule has 1 aliphatic rings. The number of hydrogen-bond acceptors (Lipinski definition) is 4. The van der Waals surface area contributed by atoms with E-state index < -0.39 is 0 Å². The van der Waals surface area contributed by atoms with E-state index in [9.17, 15) is 0 Å². The largest absolute Gasteiger partial charge is 0.497 e. The van der Waals surface area contributed by atoms with E-state index >= 15 is 0 Å². The molecule has 1 atom stereocenters. The van der Waals surface area contributed by atoms with Gasteiger partial charge in [0.1, 0.15) is 16.7 Å². The molecule has 0 saturated carbocycles. The number of rotatable bonds is 4. The molecule has 27 heavy (non-hydrogen) atoms. The van der Waals surface area contributed by atoms with E-state index in [1.54, 1.807) is 14.2 Å². The zero-order chi connectivity index (χ0) is 18.8. The summed E-state index contributed by atoms with van der Waals surface area (Å²) in [5.41, 5.74) is 4.83. The van der Waals surface area contributed by atoms with Gasteiger partial charge in [0.05, 0.1) is 20.3 Å². The van der Waals surface area contributed by atoms with Crippen molar-refractivity contribution < 1.29 is 9.47 Å². The maximum Gasteiger partial charge on any atom is 0.129 e. The Kier molecular flexibility index (Phi) is 4.90. The summed E-state index contributed by atoms with van der Waals surface area (Å²) in [5.74, 6) is 1.74. The van der Waals surface area contributed by atoms with E-state index in [2.05, 4.69) is 40.2 Å². The third-order valence-electron chi connectivity index (χ3n) is 5.05. The van der Waals surface area contributed by atoms with Gasteiger partial charge < -0.3 is 14.4 Å². The molecule has 4 rings (SSSR count). The standard InChI is InChI=1S/C22H21ClN2O2/c1-26-18-6-4-17(5-7-18)25-12-11-15-13-19(27-2)8-9-20(15)22(25)16-3-10-21(23)24-14-16/h3-10,13-14,22H,11-12H2,1-2H3. The first-order valence-electron chi connectivity index (χ1n) is 8.88. The Morgan fingerprint density at radius 2 is 1.70 bits per heavy atom. The van der Waals surface area contributed by atoms with Gasteiger partial charge in [-0.15, -0.1) is 0 Å². The average Bonchev–Trinajstić information content (AvgIpc) is 2.73. The van der Waals surface area contributed by atoms with E-state index in [0.717, 1.165) is 35.7 Å². The fraction of sp³-hybridized carbons (Fsp3) is 0.227. The molecule has 2 aromatic carbocycles. The third kappa shape index (κ3) is 3.45. The van der Waals surface area contributed by atoms with Crippen LogP contribution >= 0.6 is 11.6 Å². The van der Waals surface area contributed by atoms with Crippen LogP contribution in [0.5, 0.6) is 11.5 Å². The maximum absolute atomic E-state index is 6.02. The van der Waals surface area contributed by atoms with Gasteiger partial charge in [0, 0.05) is 18.4 Å². The third-order valence-corrected chi connectivity index (χ3v) is 5.27. The van der Waals surface area contributed by atoms with Crippen LogP contribution in [-0.4, -0.2) is 25.7 Å². The van der Waals surface area contributed by atoms with Gasteiger partial charge in [-0.3, -0.25) is 0 Å². The van der Waals surface area contributed by atoms with Crippen LogP contribution in [-0.2, 0) is 6.42 Å². The van der Waals surface area contributed by atoms with E-state index in [1.807, 2.05) is 30.5 Å². The van der Waals surface area contributed by atoms with E-state index in [4.69, 9.17) is 21.1 Å². The van der Waals surface area contributed by atoms with Gasteiger partial charge in [-0.25, -0.2) is 4.98 Å². The summed E-state index contributed by atoms with van der Waals surface area (Å²) in [6.07, 6.45) is 2.82. The van der Waals surface area contributed by atoms with Gasteiger partial charge in [0.2, 0.25) is 0 Å². The lowest BCUT2D eigenvalue weighted by molar-refractivity contribution is 0.413. The van der Waals surface area contributed by atoms with E-state index in [-0.39, 0.29) is 6.04 Å². The highest BCUT2D eigenvalue weighted by atomic mass is 35.5. The molecule has 0 fully saturated rings. The molecular formula is C22H21ClN2O2. The molecule has 1 aromatic heterocycles. The van der Waals surface area contributed by atoms with Crippen molar-refractivity contribution in [3.8, 4) is 11.5 Å². The molecule has 2 heterocycles. The molecule has 0 aliphatic carbocycles. The number of hydrogen-bond donors (Lipinski definition) is 0. The molecule has 0 radical (unpaired) electrons. The molecule has 1 unspecified atom stereocenters. The lowest BCUT2D eigenvalue weighted by Gasteiger charge is -2.39. The summed E-state index contributed by atoms with van der Waals surface area (Å²) in [7, 11) is 3.39. The lowest BCUT2D eigenvalue weighted by atomic mass is 9.88. The van der Waals surface area contributed by atoms with Crippen molar-refractivity contribution in [2.45, 2.75) is 12.5 Å². The highest BCUT2D eigenvalue weighted by Gasteiger charge is 2.29. The Hall–Kier alpha value is -2.72. The zero-order valence-corrected chi connectivity index (χ0v) is 16.1. The maximum atomic E-state index is 6.02. The van der Waals surface area contributed by atoms with Crippen molar-refractivity contribution in [2.75, 3.05) is 25.7 Å². The minimum absolute atomic E-state index is 0.0674. The van der Waals surface area contributed by atoms with Crippen LogP contribution in [0.15, 0.2) is 60.8 Å². The van der Waals surface area contributed by atoms with Crippen molar-refractivity contribution in [2.24, 2.45) is 0 Å². The fourth-order valence-electron chi connectivity index (χ4n) is 3.69. The monoisotopic (exact) mass is 380 g/mol. The summed E-state index contributed by atoms with van der Waals surface area (Å²) in [5, 5.41) is 0.500. The minimum Gasteiger partial charge on any atom is -0.497 e. The molecule has 0 bridgehead atoms. The minimum atomic E-state index is 0.0674. The number of aromatic nitrogens is 1. The van der Waals surface area contributed by atoms with Crippen molar-refractivity contribution in [1.82, 2.24) is 4.98 Å². The first kappa shape index (κ1) is 17.7. The Morgan fingerprint density at radius 3 is 2.37 bits per heavy atom. The molecular weight excluding hydrogens is 360 g/mol. The Labute approximate surface area is 164 Å². The number of fused-ring (bicyclic) bond motifs is 1. The topological polar surface area (TPSA) is 34.6 Å². The number of benzene rings is 2. The predicted octanol–water partition coefficient (Wildman–Crippen LogP) is 4.90. The van der Waals surface area contributed by atoms with Gasteiger partial charge in [-0.1, -0.05) is 23.7 Å². The van der Waals surface area contributed by atoms with Gasteiger partial charge >= 0.3 is 0 Å². The molecule has 3 aromatic rings. The lowest BCUT2D eigenvalue weighted by Crippen LogP contribution is -2.36. The summed E-state index contributed by atoms with van der Waals surface area (Å²) >= 11 is 6.02. The van der Waals surface area contributed by atoms with Crippen LogP contribution in [0.2, 0.25) is 5.15 Å². The second-order valence-electron chi connectivity index (χ2n) is 6.52. The summed E-state index contributed by atoms with van der Waals surface area (Å²) in [4.78, 5) is 6.71. The molecule has 138 valence electrons. The summed E-state index contributed by atoms with van der Waals surface area (Å²) in [6.45, 7) is 0.903. The van der Waals surface area contributed by atoms with Gasteiger partial charge in [-0.2, -0.15) is 0 Å². The zero-order valence-electron chi connectivity index (χ0n) is 15.4. The Bertz CT molecular complexity index is 926. The van der Waals surface area contributed by atoms with Crippen LogP contribution in [0, 0.1) is 0 Å². The molecule has 0 saturated heterocycles. The highest BCUT2D eigenvalue weighted by Crippen LogP contribution is 2.39. The van der Waals surface area contributed by atoms with Crippen molar-refractivity contribution >= 4 is 17.3 Å². The average molecular weight is 381 g/mol. The predicted molar refractivity (Wildman–Crippen MR) is 108 cm³/mol. The Morgan fingerprint density at radius 1 is 0.963 bits per heavy atom. The van der Waals surface area contributed by atoms with Crippen molar-refractivity contribution in [1.29, 1.82) is 0 Å². The van der Waals surface area contributed by atoms with Gasteiger partial charge in [0.25, 0.3) is 0 Å². The number of anilines is 1. The number of pyridine rings is 1. The smallest absolute Gasteiger partial charge is 0.129 e. The SMILES string of the molecule is COc1ccc(N2CCc3cc(OC)ccc3C2c2ccc(Cl)nc2)cc1. The molecule has 4 nitrogen and oxygen atoms in total. The molecule has 0 N–H and O–H groups in total. The first-order valence-corrected chi connectivity index (χ1v) is 9.26. The van der Waals surface area contributed by atoms with Crippen LogP contribution in [0.25, 0.3) is 0 Å². The number of halogens is 1. The molecule has 0 spiro atoms. The molecule has 1 aliphatic heterocycles. The van der Waals surface area contributed by atoms with Crippen molar-refractivity contribution in [3.05, 3.63) is 82.6 Å². The second-order valence-corrected chi connectivity index (χ2v) is 6.91. The van der Waals surface area contributed by atoms with E-state index in [0.29, 0.717) is 5.15 Å². The Balaban J connectivity index is 1.80. The van der Waals surface area contributed by atoms with Crippen LogP contribution in [0.3, 0.4) is 0 Å². The second kappa shape index (κ2) is 7.49. The van der Waals surface area contributed by atoms with Crippen LogP contribution in [0.4, 0.5) is 5.69 Å². The molecule has 0 amide bonds. The fourth-order valence-corrected chi connectivity index (χ4v) is 3.80. The molecule has 5 heteroatoms. The van der Waals surface area contributed by atoms with Crippen LogP contribution in [0.1, 0.15) is 22.7 Å². The first-order chi connectivity index (χ1) is 13.2. The number of ether oxygens (including phenoxy) is 2.